The summed E-state index contributed by atoms with van der Waals surface area (Å²) in [7, 11) is 0. The van der Waals surface area contributed by atoms with Crippen molar-refractivity contribution >= 4 is 5.84 Å². The van der Waals surface area contributed by atoms with E-state index in [0.29, 0.717) is 0 Å². The summed E-state index contributed by atoms with van der Waals surface area (Å²) in [6.07, 6.45) is -4.16. The average molecular weight is 152 g/mol. The summed E-state index contributed by atoms with van der Waals surface area (Å²) in [5, 5.41) is 6.70. The highest BCUT2D eigenvalue weighted by atomic mass is 19.4. The molecule has 1 aliphatic rings. The molecule has 2 atom stereocenters. The minimum atomic E-state index is -4.16. The summed E-state index contributed by atoms with van der Waals surface area (Å²) in [5.41, 5.74) is 4.87. The molecule has 0 aromatic rings. The summed E-state index contributed by atoms with van der Waals surface area (Å²) in [4.78, 5) is 0. The summed E-state index contributed by atoms with van der Waals surface area (Å²) in [6.45, 7) is 0. The SMILES string of the molecule is N=C(N)[C@@H]1C[C@H]1C(F)(F)F. The first kappa shape index (κ1) is 7.37. The first-order chi connectivity index (χ1) is 4.43. The van der Waals surface area contributed by atoms with E-state index in [0.717, 1.165) is 0 Å². The molecule has 2 nitrogen and oxygen atoms in total. The van der Waals surface area contributed by atoms with E-state index in [9.17, 15) is 13.2 Å². The average Bonchev–Trinajstić information content (AvgIpc) is 2.35. The first-order valence-corrected chi connectivity index (χ1v) is 2.83. The number of halogens is 3. The molecule has 0 unspecified atom stereocenters. The van der Waals surface area contributed by atoms with E-state index in [1.54, 1.807) is 0 Å². The Morgan fingerprint density at radius 2 is 2.00 bits per heavy atom. The molecule has 1 fully saturated rings. The fourth-order valence-electron chi connectivity index (χ4n) is 0.900. The number of rotatable bonds is 1. The van der Waals surface area contributed by atoms with E-state index in [1.807, 2.05) is 0 Å². The maximum Gasteiger partial charge on any atom is 0.392 e. The van der Waals surface area contributed by atoms with E-state index in [-0.39, 0.29) is 12.3 Å². The lowest BCUT2D eigenvalue weighted by molar-refractivity contribution is -0.149. The zero-order valence-corrected chi connectivity index (χ0v) is 5.07. The first-order valence-electron chi connectivity index (χ1n) is 2.83. The van der Waals surface area contributed by atoms with Crippen LogP contribution in [0, 0.1) is 17.2 Å². The Morgan fingerprint density at radius 1 is 1.50 bits per heavy atom. The van der Waals surface area contributed by atoms with Gasteiger partial charge in [0.15, 0.2) is 0 Å². The summed E-state index contributed by atoms with van der Waals surface area (Å²) in [5.74, 6) is -2.42. The molecule has 0 amide bonds. The van der Waals surface area contributed by atoms with Gasteiger partial charge in [-0.2, -0.15) is 13.2 Å². The van der Waals surface area contributed by atoms with Crippen molar-refractivity contribution in [1.29, 1.82) is 5.41 Å². The van der Waals surface area contributed by atoms with Crippen LogP contribution in [0.2, 0.25) is 0 Å². The Labute approximate surface area is 55.7 Å². The predicted molar refractivity (Wildman–Crippen MR) is 29.6 cm³/mol. The normalized spacial score (nSPS) is 31.9. The molecule has 0 aliphatic heterocycles. The second kappa shape index (κ2) is 1.87. The lowest BCUT2D eigenvalue weighted by Gasteiger charge is -2.02. The Bertz CT molecular complexity index is 163. The molecule has 0 saturated heterocycles. The smallest absolute Gasteiger partial charge is 0.387 e. The van der Waals surface area contributed by atoms with E-state index in [2.05, 4.69) is 0 Å². The molecule has 0 aromatic carbocycles. The van der Waals surface area contributed by atoms with Crippen molar-refractivity contribution in [2.45, 2.75) is 12.6 Å². The minimum absolute atomic E-state index is 0.00116. The standard InChI is InChI=1S/C5H7F3N2/c6-5(7,8)3-1-2(3)4(9)10/h2-3H,1H2,(H3,9,10)/t2-,3-/m1/s1. The maximum atomic E-state index is 11.7. The Morgan fingerprint density at radius 3 is 2.10 bits per heavy atom. The van der Waals surface area contributed by atoms with Gasteiger partial charge in [-0.05, 0) is 6.42 Å². The molecular formula is C5H7F3N2. The van der Waals surface area contributed by atoms with Crippen molar-refractivity contribution in [2.75, 3.05) is 0 Å². The quantitative estimate of drug-likeness (QED) is 0.429. The van der Waals surface area contributed by atoms with Gasteiger partial charge in [0.05, 0.1) is 11.8 Å². The molecule has 0 spiro atoms. The Balaban J connectivity index is 2.46. The second-order valence-corrected chi connectivity index (χ2v) is 2.45. The van der Waals surface area contributed by atoms with Gasteiger partial charge in [0, 0.05) is 5.92 Å². The van der Waals surface area contributed by atoms with Gasteiger partial charge in [0.1, 0.15) is 0 Å². The highest BCUT2D eigenvalue weighted by molar-refractivity contribution is 5.82. The molecule has 0 heterocycles. The van der Waals surface area contributed by atoms with Crippen LogP contribution in [0.1, 0.15) is 6.42 Å². The number of nitrogens with one attached hydrogen (secondary N) is 1. The lowest BCUT2D eigenvalue weighted by Crippen LogP contribution is -2.19. The molecule has 5 heteroatoms. The molecule has 1 saturated carbocycles. The maximum absolute atomic E-state index is 11.7. The fraction of sp³-hybridized carbons (Fsp3) is 0.800. The monoisotopic (exact) mass is 152 g/mol. The number of hydrogen-bond donors (Lipinski definition) is 2. The lowest BCUT2D eigenvalue weighted by atomic mass is 10.3. The van der Waals surface area contributed by atoms with Gasteiger partial charge in [0.2, 0.25) is 0 Å². The van der Waals surface area contributed by atoms with Crippen LogP contribution in [0.3, 0.4) is 0 Å². The van der Waals surface area contributed by atoms with Gasteiger partial charge >= 0.3 is 6.18 Å². The van der Waals surface area contributed by atoms with Gasteiger partial charge < -0.3 is 5.73 Å². The van der Waals surface area contributed by atoms with Gasteiger partial charge in [-0.25, -0.2) is 0 Å². The summed E-state index contributed by atoms with van der Waals surface area (Å²) >= 11 is 0. The number of alkyl halides is 3. The van der Waals surface area contributed by atoms with Crippen LogP contribution < -0.4 is 5.73 Å². The highest BCUT2D eigenvalue weighted by Crippen LogP contribution is 2.49. The molecule has 10 heavy (non-hydrogen) atoms. The molecule has 0 radical (unpaired) electrons. The van der Waals surface area contributed by atoms with Crippen molar-refractivity contribution < 1.29 is 13.2 Å². The van der Waals surface area contributed by atoms with Crippen molar-refractivity contribution in [1.82, 2.24) is 0 Å². The third kappa shape index (κ3) is 1.22. The van der Waals surface area contributed by atoms with Crippen LogP contribution in [0.15, 0.2) is 0 Å². The van der Waals surface area contributed by atoms with Crippen LogP contribution in [0.25, 0.3) is 0 Å². The molecule has 3 N–H and O–H groups in total. The third-order valence-corrected chi connectivity index (χ3v) is 1.61. The van der Waals surface area contributed by atoms with Crippen LogP contribution in [-0.2, 0) is 0 Å². The number of amidine groups is 1. The number of hydrogen-bond acceptors (Lipinski definition) is 1. The van der Waals surface area contributed by atoms with Crippen LogP contribution >= 0.6 is 0 Å². The summed E-state index contributed by atoms with van der Waals surface area (Å²) in [6, 6.07) is 0. The fourth-order valence-corrected chi connectivity index (χ4v) is 0.900. The van der Waals surface area contributed by atoms with Crippen molar-refractivity contribution in [3.8, 4) is 0 Å². The molecule has 0 aromatic heterocycles. The molecule has 58 valence electrons. The third-order valence-electron chi connectivity index (χ3n) is 1.61. The Kier molecular flexibility index (Phi) is 1.38. The topological polar surface area (TPSA) is 49.9 Å². The number of nitrogens with two attached hydrogens (primary N) is 1. The van der Waals surface area contributed by atoms with Gasteiger partial charge in [0.25, 0.3) is 0 Å². The van der Waals surface area contributed by atoms with E-state index in [4.69, 9.17) is 11.1 Å². The van der Waals surface area contributed by atoms with E-state index >= 15 is 0 Å². The van der Waals surface area contributed by atoms with E-state index in [1.165, 1.54) is 0 Å². The van der Waals surface area contributed by atoms with Crippen molar-refractivity contribution in [3.05, 3.63) is 0 Å². The minimum Gasteiger partial charge on any atom is -0.387 e. The van der Waals surface area contributed by atoms with Gasteiger partial charge in [-0.15, -0.1) is 0 Å². The van der Waals surface area contributed by atoms with Gasteiger partial charge in [-0.1, -0.05) is 0 Å². The summed E-state index contributed by atoms with van der Waals surface area (Å²) < 4.78 is 35.1. The highest BCUT2D eigenvalue weighted by Gasteiger charge is 2.56. The van der Waals surface area contributed by atoms with E-state index < -0.39 is 18.0 Å². The predicted octanol–water partition coefficient (Wildman–Crippen LogP) is 1.12. The van der Waals surface area contributed by atoms with Crippen LogP contribution in [0.5, 0.6) is 0 Å². The van der Waals surface area contributed by atoms with Crippen LogP contribution in [-0.4, -0.2) is 12.0 Å². The molecule has 1 rings (SSSR count). The van der Waals surface area contributed by atoms with Crippen molar-refractivity contribution in [3.63, 3.8) is 0 Å². The zero-order chi connectivity index (χ0) is 7.94. The second-order valence-electron chi connectivity index (χ2n) is 2.45. The van der Waals surface area contributed by atoms with Crippen molar-refractivity contribution in [2.24, 2.45) is 17.6 Å². The molecule has 0 bridgehead atoms. The van der Waals surface area contributed by atoms with Gasteiger partial charge in [-0.3, -0.25) is 5.41 Å². The Hall–Kier alpha value is -0.740. The zero-order valence-electron chi connectivity index (χ0n) is 5.07. The molecule has 1 aliphatic carbocycles. The largest absolute Gasteiger partial charge is 0.392 e. The molecular weight excluding hydrogens is 145 g/mol. The van der Waals surface area contributed by atoms with Crippen LogP contribution in [0.4, 0.5) is 13.2 Å².